The van der Waals surface area contributed by atoms with Gasteiger partial charge in [0.05, 0.1) is 22.8 Å². The third-order valence-electron chi connectivity index (χ3n) is 8.67. The van der Waals surface area contributed by atoms with Gasteiger partial charge in [-0.25, -0.2) is 9.37 Å². The van der Waals surface area contributed by atoms with Gasteiger partial charge < -0.3 is 19.5 Å². The van der Waals surface area contributed by atoms with E-state index in [1.807, 2.05) is 28.9 Å². The Kier molecular flexibility index (Phi) is 7.26. The number of hydrogen-bond acceptors (Lipinski definition) is 4. The normalized spacial score (nSPS) is 24.0. The number of ether oxygens (including phenoxy) is 1. The SMILES string of the molecule is Cc1nc2ccc(C3=CCC4OCCC(CC(=O)N5CCN(c6ccccc6F)CC5)C(C)CC4=C3)cc2[nH]1. The highest BCUT2D eigenvalue weighted by Crippen LogP contribution is 2.37. The molecule has 3 heterocycles. The molecule has 204 valence electrons. The number of halogens is 1. The molecule has 3 atom stereocenters. The number of H-pyrrole nitrogens is 1. The number of piperazine rings is 1. The van der Waals surface area contributed by atoms with E-state index in [4.69, 9.17) is 4.74 Å². The van der Waals surface area contributed by atoms with Crippen molar-refractivity contribution >= 4 is 28.2 Å². The number of nitrogens with one attached hydrogen (secondary N) is 1. The minimum absolute atomic E-state index is 0.123. The minimum atomic E-state index is -0.203. The summed E-state index contributed by atoms with van der Waals surface area (Å²) in [6.45, 7) is 7.51. The van der Waals surface area contributed by atoms with Crippen molar-refractivity contribution in [3.8, 4) is 0 Å². The molecule has 2 aromatic carbocycles. The average molecular weight is 529 g/mol. The molecule has 0 radical (unpaired) electrons. The number of carbonyl (C=O) groups is 1. The fraction of sp³-hybridized carbons (Fsp3) is 0.438. The molecule has 3 aliphatic rings. The highest BCUT2D eigenvalue weighted by molar-refractivity contribution is 5.84. The summed E-state index contributed by atoms with van der Waals surface area (Å²) in [6, 6.07) is 13.3. The number of hydrogen-bond donors (Lipinski definition) is 1. The number of amides is 1. The van der Waals surface area contributed by atoms with Gasteiger partial charge in [-0.1, -0.05) is 37.3 Å². The third-order valence-corrected chi connectivity index (χ3v) is 8.67. The van der Waals surface area contributed by atoms with Crippen LogP contribution in [0.1, 0.15) is 44.0 Å². The van der Waals surface area contributed by atoms with Crippen LogP contribution in [0.2, 0.25) is 0 Å². The molecule has 2 aliphatic heterocycles. The predicted octanol–water partition coefficient (Wildman–Crippen LogP) is 5.89. The fourth-order valence-electron chi connectivity index (χ4n) is 6.37. The molecule has 0 saturated carbocycles. The number of para-hydroxylation sites is 1. The van der Waals surface area contributed by atoms with E-state index in [-0.39, 0.29) is 23.7 Å². The molecule has 3 unspecified atom stereocenters. The van der Waals surface area contributed by atoms with E-state index in [2.05, 4.69) is 47.2 Å². The zero-order chi connectivity index (χ0) is 26.9. The molecule has 6 nitrogen and oxygen atoms in total. The molecule has 1 aliphatic carbocycles. The van der Waals surface area contributed by atoms with Crippen molar-refractivity contribution < 1.29 is 13.9 Å². The number of nitrogens with zero attached hydrogens (tertiary/aromatic N) is 3. The predicted molar refractivity (Wildman–Crippen MR) is 153 cm³/mol. The summed E-state index contributed by atoms with van der Waals surface area (Å²) < 4.78 is 20.5. The van der Waals surface area contributed by atoms with Gasteiger partial charge in [0.2, 0.25) is 5.91 Å². The Hall–Kier alpha value is -3.45. The van der Waals surface area contributed by atoms with Crippen LogP contribution in [0.4, 0.5) is 10.1 Å². The highest BCUT2D eigenvalue weighted by atomic mass is 19.1. The highest BCUT2D eigenvalue weighted by Gasteiger charge is 2.31. The second-order valence-corrected chi connectivity index (χ2v) is 11.3. The number of aromatic amines is 1. The molecule has 6 rings (SSSR count). The maximum absolute atomic E-state index is 14.2. The zero-order valence-corrected chi connectivity index (χ0v) is 22.8. The van der Waals surface area contributed by atoms with E-state index in [0.717, 1.165) is 36.1 Å². The summed E-state index contributed by atoms with van der Waals surface area (Å²) in [7, 11) is 0. The maximum atomic E-state index is 14.2. The molecule has 0 bridgehead atoms. The van der Waals surface area contributed by atoms with Gasteiger partial charge in [0, 0.05) is 39.2 Å². The minimum Gasteiger partial charge on any atom is -0.374 e. The van der Waals surface area contributed by atoms with Crippen LogP contribution in [0.3, 0.4) is 0 Å². The molecule has 1 amide bonds. The molecule has 3 aromatic rings. The Morgan fingerprint density at radius 1 is 1.15 bits per heavy atom. The van der Waals surface area contributed by atoms with Crippen LogP contribution in [0.15, 0.2) is 60.2 Å². The topological polar surface area (TPSA) is 61.5 Å². The van der Waals surface area contributed by atoms with Gasteiger partial charge in [-0.05, 0) is 79.0 Å². The Balaban J connectivity index is 1.09. The van der Waals surface area contributed by atoms with Crippen molar-refractivity contribution in [2.75, 3.05) is 37.7 Å². The molecule has 7 heteroatoms. The molecule has 2 saturated heterocycles. The summed E-state index contributed by atoms with van der Waals surface area (Å²) in [5.41, 5.74) is 6.42. The van der Waals surface area contributed by atoms with E-state index in [1.165, 1.54) is 22.8 Å². The number of carbonyl (C=O) groups excluding carboxylic acids is 1. The van der Waals surface area contributed by atoms with E-state index in [0.29, 0.717) is 50.8 Å². The first-order valence-electron chi connectivity index (χ1n) is 14.2. The summed E-state index contributed by atoms with van der Waals surface area (Å²) >= 11 is 0. The quantitative estimate of drug-likeness (QED) is 0.459. The lowest BCUT2D eigenvalue weighted by molar-refractivity contribution is -0.133. The Bertz CT molecular complexity index is 1420. The van der Waals surface area contributed by atoms with Crippen LogP contribution in [-0.2, 0) is 9.53 Å². The maximum Gasteiger partial charge on any atom is 0.222 e. The van der Waals surface area contributed by atoms with Crippen molar-refractivity contribution in [1.29, 1.82) is 0 Å². The molecule has 2 fully saturated rings. The zero-order valence-electron chi connectivity index (χ0n) is 22.8. The number of allylic oxidation sites excluding steroid dienone is 2. The summed E-state index contributed by atoms with van der Waals surface area (Å²) in [6.07, 6.45) is 7.97. The standard InChI is InChI=1S/C32H37FN4O2/c1-21-17-26-18-24(25-7-9-28-29(19-25)35-22(2)34-28)8-10-31(26)39-16-11-23(21)20-32(38)37-14-12-36(13-15-37)30-6-4-3-5-27(30)33/h3-9,18-19,21,23,31H,10-17,20H2,1-2H3,(H,34,35). The smallest absolute Gasteiger partial charge is 0.222 e. The van der Waals surface area contributed by atoms with Crippen molar-refractivity contribution in [1.82, 2.24) is 14.9 Å². The van der Waals surface area contributed by atoms with Gasteiger partial charge in [0.15, 0.2) is 0 Å². The number of anilines is 1. The fourth-order valence-corrected chi connectivity index (χ4v) is 6.37. The van der Waals surface area contributed by atoms with Crippen LogP contribution in [0.5, 0.6) is 0 Å². The summed E-state index contributed by atoms with van der Waals surface area (Å²) in [5, 5.41) is 0. The van der Waals surface area contributed by atoms with Crippen LogP contribution in [-0.4, -0.2) is 59.7 Å². The van der Waals surface area contributed by atoms with Crippen molar-refractivity contribution in [2.45, 2.75) is 45.6 Å². The second kappa shape index (κ2) is 11.0. The number of imidazole rings is 1. The van der Waals surface area contributed by atoms with Gasteiger partial charge in [-0.15, -0.1) is 0 Å². The van der Waals surface area contributed by atoms with E-state index in [9.17, 15) is 9.18 Å². The van der Waals surface area contributed by atoms with Gasteiger partial charge in [-0.2, -0.15) is 0 Å². The van der Waals surface area contributed by atoms with Crippen LogP contribution in [0, 0.1) is 24.6 Å². The van der Waals surface area contributed by atoms with E-state index >= 15 is 0 Å². The number of fused-ring (bicyclic) bond motifs is 2. The second-order valence-electron chi connectivity index (χ2n) is 11.3. The Labute approximate surface area is 229 Å². The molecular weight excluding hydrogens is 491 g/mol. The van der Waals surface area contributed by atoms with Crippen LogP contribution in [0.25, 0.3) is 16.6 Å². The summed E-state index contributed by atoms with van der Waals surface area (Å²) in [4.78, 5) is 25.2. The Morgan fingerprint density at radius 2 is 1.97 bits per heavy atom. The van der Waals surface area contributed by atoms with Gasteiger partial charge >= 0.3 is 0 Å². The molecule has 1 N–H and O–H groups in total. The van der Waals surface area contributed by atoms with Crippen molar-refractivity contribution in [3.05, 3.63) is 77.4 Å². The average Bonchev–Trinajstić information content (AvgIpc) is 3.32. The monoisotopic (exact) mass is 528 g/mol. The summed E-state index contributed by atoms with van der Waals surface area (Å²) in [5.74, 6) is 1.60. The Morgan fingerprint density at radius 3 is 2.79 bits per heavy atom. The molecule has 39 heavy (non-hydrogen) atoms. The van der Waals surface area contributed by atoms with Gasteiger partial charge in [0.25, 0.3) is 0 Å². The van der Waals surface area contributed by atoms with Gasteiger partial charge in [0.1, 0.15) is 11.6 Å². The molecule has 0 spiro atoms. The number of benzene rings is 2. The van der Waals surface area contributed by atoms with E-state index in [1.54, 1.807) is 6.07 Å². The number of aryl methyl sites for hydroxylation is 1. The lowest BCUT2D eigenvalue weighted by Crippen LogP contribution is -2.49. The first kappa shape index (κ1) is 25.8. The van der Waals surface area contributed by atoms with Gasteiger partial charge in [-0.3, -0.25) is 4.79 Å². The largest absolute Gasteiger partial charge is 0.374 e. The first-order chi connectivity index (χ1) is 18.9. The number of aromatic nitrogens is 2. The third kappa shape index (κ3) is 5.50. The van der Waals surface area contributed by atoms with E-state index < -0.39 is 0 Å². The van der Waals surface area contributed by atoms with Crippen LogP contribution < -0.4 is 4.90 Å². The van der Waals surface area contributed by atoms with Crippen molar-refractivity contribution in [3.63, 3.8) is 0 Å². The molecular formula is C32H37FN4O2. The first-order valence-corrected chi connectivity index (χ1v) is 14.2. The van der Waals surface area contributed by atoms with Crippen LogP contribution >= 0.6 is 0 Å². The lowest BCUT2D eigenvalue weighted by Gasteiger charge is -2.38. The molecule has 1 aromatic heterocycles. The van der Waals surface area contributed by atoms with Crippen molar-refractivity contribution in [2.24, 2.45) is 11.8 Å². The number of rotatable bonds is 4. The lowest BCUT2D eigenvalue weighted by atomic mass is 9.79.